The van der Waals surface area contributed by atoms with E-state index in [0.29, 0.717) is 23.9 Å². The molecule has 0 aliphatic rings. The van der Waals surface area contributed by atoms with E-state index < -0.39 is 11.7 Å². The van der Waals surface area contributed by atoms with Gasteiger partial charge in [0.25, 0.3) is 0 Å². The van der Waals surface area contributed by atoms with E-state index in [0.717, 1.165) is 5.39 Å². The minimum Gasteiger partial charge on any atom is -0.490 e. The SMILES string of the molecule is CC(C)NC[C@H](O)COc1cc(=O)oc2ccccc12. The standard InChI is InChI=1S/C15H19NO4/c1-10(2)16-8-11(17)9-19-14-7-15(18)20-13-6-4-3-5-12(13)14/h3-7,10-11,16-17H,8-9H2,1-2H3/t11-/m0/s1. The summed E-state index contributed by atoms with van der Waals surface area (Å²) < 4.78 is 10.6. The van der Waals surface area contributed by atoms with Crippen molar-refractivity contribution in [2.45, 2.75) is 26.0 Å². The summed E-state index contributed by atoms with van der Waals surface area (Å²) in [5, 5.41) is 13.7. The fraction of sp³-hybridized carbons (Fsp3) is 0.400. The number of hydrogen-bond acceptors (Lipinski definition) is 5. The fourth-order valence-electron chi connectivity index (χ4n) is 1.82. The number of hydrogen-bond donors (Lipinski definition) is 2. The van der Waals surface area contributed by atoms with Gasteiger partial charge in [0.15, 0.2) is 0 Å². The quantitative estimate of drug-likeness (QED) is 0.783. The first-order chi connectivity index (χ1) is 9.56. The van der Waals surface area contributed by atoms with Gasteiger partial charge in [0.1, 0.15) is 24.0 Å². The molecule has 108 valence electrons. The van der Waals surface area contributed by atoms with Crippen molar-refractivity contribution in [1.82, 2.24) is 5.32 Å². The lowest BCUT2D eigenvalue weighted by Gasteiger charge is -2.15. The average Bonchev–Trinajstić information content (AvgIpc) is 2.42. The minimum absolute atomic E-state index is 0.118. The van der Waals surface area contributed by atoms with Gasteiger partial charge in [-0.3, -0.25) is 0 Å². The molecule has 5 heteroatoms. The van der Waals surface area contributed by atoms with Crippen molar-refractivity contribution in [2.75, 3.05) is 13.2 Å². The lowest BCUT2D eigenvalue weighted by Crippen LogP contribution is -2.35. The molecule has 0 unspecified atom stereocenters. The lowest BCUT2D eigenvalue weighted by atomic mass is 10.2. The number of benzene rings is 1. The number of aliphatic hydroxyl groups excluding tert-OH is 1. The highest BCUT2D eigenvalue weighted by molar-refractivity contribution is 5.82. The number of nitrogens with one attached hydrogen (secondary N) is 1. The largest absolute Gasteiger partial charge is 0.490 e. The Morgan fingerprint density at radius 1 is 1.35 bits per heavy atom. The molecule has 1 heterocycles. The number of para-hydroxylation sites is 1. The number of fused-ring (bicyclic) bond motifs is 1. The molecule has 0 fully saturated rings. The highest BCUT2D eigenvalue weighted by Crippen LogP contribution is 2.23. The van der Waals surface area contributed by atoms with Crippen molar-refractivity contribution in [3.63, 3.8) is 0 Å². The molecule has 0 radical (unpaired) electrons. The Bertz CT molecular complexity index is 621. The van der Waals surface area contributed by atoms with E-state index >= 15 is 0 Å². The topological polar surface area (TPSA) is 71.7 Å². The summed E-state index contributed by atoms with van der Waals surface area (Å²) >= 11 is 0. The second-order valence-corrected chi connectivity index (χ2v) is 4.95. The zero-order valence-electron chi connectivity index (χ0n) is 11.6. The van der Waals surface area contributed by atoms with Crippen LogP contribution in [0.15, 0.2) is 39.5 Å². The molecule has 0 aliphatic carbocycles. The van der Waals surface area contributed by atoms with Gasteiger partial charge in [-0.1, -0.05) is 26.0 Å². The fourth-order valence-corrected chi connectivity index (χ4v) is 1.82. The average molecular weight is 277 g/mol. The Labute approximate surface area is 117 Å². The van der Waals surface area contributed by atoms with Crippen LogP contribution >= 0.6 is 0 Å². The first kappa shape index (κ1) is 14.6. The molecule has 1 atom stereocenters. The van der Waals surface area contributed by atoms with Crippen molar-refractivity contribution < 1.29 is 14.3 Å². The van der Waals surface area contributed by atoms with Crippen LogP contribution in [-0.2, 0) is 0 Å². The van der Waals surface area contributed by atoms with E-state index in [9.17, 15) is 9.90 Å². The summed E-state index contributed by atoms with van der Waals surface area (Å²) in [7, 11) is 0. The van der Waals surface area contributed by atoms with Gasteiger partial charge in [-0.25, -0.2) is 4.79 Å². The van der Waals surface area contributed by atoms with E-state index in [4.69, 9.17) is 9.15 Å². The second kappa shape index (κ2) is 6.54. The zero-order valence-corrected chi connectivity index (χ0v) is 11.6. The Morgan fingerprint density at radius 2 is 2.10 bits per heavy atom. The molecule has 2 N–H and O–H groups in total. The highest BCUT2D eigenvalue weighted by Gasteiger charge is 2.10. The molecule has 20 heavy (non-hydrogen) atoms. The molecule has 2 aromatic rings. The molecule has 0 spiro atoms. The van der Waals surface area contributed by atoms with Crippen LogP contribution < -0.4 is 15.7 Å². The summed E-state index contributed by atoms with van der Waals surface area (Å²) in [6.07, 6.45) is -0.636. The minimum atomic E-state index is -0.636. The van der Waals surface area contributed by atoms with Crippen molar-refractivity contribution in [1.29, 1.82) is 0 Å². The van der Waals surface area contributed by atoms with E-state index in [2.05, 4.69) is 5.32 Å². The Morgan fingerprint density at radius 3 is 2.85 bits per heavy atom. The van der Waals surface area contributed by atoms with Gasteiger partial charge in [-0.2, -0.15) is 0 Å². The van der Waals surface area contributed by atoms with E-state index in [1.165, 1.54) is 6.07 Å². The van der Waals surface area contributed by atoms with Gasteiger partial charge in [0.2, 0.25) is 0 Å². The summed E-state index contributed by atoms with van der Waals surface area (Å²) in [5.41, 5.74) is 0.0123. The molecular weight excluding hydrogens is 258 g/mol. The monoisotopic (exact) mass is 277 g/mol. The van der Waals surface area contributed by atoms with Crippen LogP contribution in [-0.4, -0.2) is 30.4 Å². The van der Waals surface area contributed by atoms with Crippen LogP contribution in [0.25, 0.3) is 11.0 Å². The van der Waals surface area contributed by atoms with Crippen LogP contribution in [0, 0.1) is 0 Å². The van der Waals surface area contributed by atoms with Crippen LogP contribution in [0.3, 0.4) is 0 Å². The van der Waals surface area contributed by atoms with Crippen molar-refractivity contribution in [3.8, 4) is 5.75 Å². The molecule has 0 amide bonds. The summed E-state index contributed by atoms with van der Waals surface area (Å²) in [6, 6.07) is 8.74. The van der Waals surface area contributed by atoms with Crippen LogP contribution in [0.4, 0.5) is 0 Å². The third-order valence-corrected chi connectivity index (χ3v) is 2.80. The predicted molar refractivity (Wildman–Crippen MR) is 77.1 cm³/mol. The van der Waals surface area contributed by atoms with E-state index in [1.807, 2.05) is 26.0 Å². The van der Waals surface area contributed by atoms with Gasteiger partial charge in [0, 0.05) is 12.6 Å². The van der Waals surface area contributed by atoms with Gasteiger partial charge < -0.3 is 19.6 Å². The number of ether oxygens (including phenoxy) is 1. The van der Waals surface area contributed by atoms with Gasteiger partial charge in [0.05, 0.1) is 11.5 Å². The molecule has 1 aromatic heterocycles. The molecule has 0 aliphatic heterocycles. The summed E-state index contributed by atoms with van der Waals surface area (Å²) in [5.74, 6) is 0.431. The maximum Gasteiger partial charge on any atom is 0.339 e. The molecular formula is C15H19NO4. The predicted octanol–water partition coefficient (Wildman–Crippen LogP) is 1.53. The van der Waals surface area contributed by atoms with Crippen LogP contribution in [0.2, 0.25) is 0 Å². The third-order valence-electron chi connectivity index (χ3n) is 2.80. The van der Waals surface area contributed by atoms with Crippen LogP contribution in [0.5, 0.6) is 5.75 Å². The third kappa shape index (κ3) is 3.82. The second-order valence-electron chi connectivity index (χ2n) is 4.95. The van der Waals surface area contributed by atoms with Crippen molar-refractivity contribution in [2.24, 2.45) is 0 Å². The molecule has 2 rings (SSSR count). The van der Waals surface area contributed by atoms with Gasteiger partial charge in [-0.15, -0.1) is 0 Å². The molecule has 0 saturated heterocycles. The lowest BCUT2D eigenvalue weighted by molar-refractivity contribution is 0.105. The highest BCUT2D eigenvalue weighted by atomic mass is 16.5. The summed E-state index contributed by atoms with van der Waals surface area (Å²) in [4.78, 5) is 11.4. The van der Waals surface area contributed by atoms with Gasteiger partial charge >= 0.3 is 5.63 Å². The molecule has 5 nitrogen and oxygen atoms in total. The van der Waals surface area contributed by atoms with Crippen molar-refractivity contribution in [3.05, 3.63) is 40.8 Å². The molecule has 0 bridgehead atoms. The first-order valence-electron chi connectivity index (χ1n) is 6.63. The van der Waals surface area contributed by atoms with Crippen LogP contribution in [0.1, 0.15) is 13.8 Å². The number of rotatable bonds is 6. The first-order valence-corrected chi connectivity index (χ1v) is 6.63. The van der Waals surface area contributed by atoms with Gasteiger partial charge in [-0.05, 0) is 12.1 Å². The van der Waals surface area contributed by atoms with E-state index in [-0.39, 0.29) is 6.61 Å². The smallest absolute Gasteiger partial charge is 0.339 e. The molecule has 1 aromatic carbocycles. The number of aliphatic hydroxyl groups is 1. The Hall–Kier alpha value is -1.85. The zero-order chi connectivity index (χ0) is 14.5. The maximum atomic E-state index is 11.4. The Kier molecular flexibility index (Phi) is 4.76. The van der Waals surface area contributed by atoms with Crippen molar-refractivity contribution >= 4 is 11.0 Å². The summed E-state index contributed by atoms with van der Waals surface area (Å²) in [6.45, 7) is 4.57. The van der Waals surface area contributed by atoms with E-state index in [1.54, 1.807) is 12.1 Å². The molecule has 0 saturated carbocycles. The maximum absolute atomic E-state index is 11.4. The Balaban J connectivity index is 2.08. The normalized spacial score (nSPS) is 12.8.